The van der Waals surface area contributed by atoms with Crippen molar-refractivity contribution in [3.05, 3.63) is 122 Å². The molecule has 0 saturated heterocycles. The van der Waals surface area contributed by atoms with Crippen molar-refractivity contribution in [2.24, 2.45) is 0 Å². The summed E-state index contributed by atoms with van der Waals surface area (Å²) < 4.78 is 5.86. The van der Waals surface area contributed by atoms with E-state index in [2.05, 4.69) is 105 Å². The maximum atomic E-state index is 13.2. The molecule has 6 heteroatoms. The minimum Gasteiger partial charge on any atom is -0.462 e. The van der Waals surface area contributed by atoms with Crippen LogP contribution in [0.1, 0.15) is 188 Å². The fourth-order valence-corrected chi connectivity index (χ4v) is 6.51. The van der Waals surface area contributed by atoms with Gasteiger partial charge in [0.25, 0.3) is 0 Å². The number of carbonyl (C=O) groups is 2. The second kappa shape index (κ2) is 47.3. The molecule has 0 aromatic heterocycles. The van der Waals surface area contributed by atoms with Crippen LogP contribution in [0.3, 0.4) is 0 Å². The van der Waals surface area contributed by atoms with Crippen molar-refractivity contribution in [3.63, 3.8) is 0 Å². The van der Waals surface area contributed by atoms with Gasteiger partial charge in [-0.2, -0.15) is 0 Å². The topological polar surface area (TPSA) is 95.9 Å². The largest absolute Gasteiger partial charge is 0.462 e. The third-order valence-corrected chi connectivity index (χ3v) is 10.1. The monoisotopic (exact) mass is 844 g/mol. The van der Waals surface area contributed by atoms with E-state index >= 15 is 0 Å². The first-order chi connectivity index (χ1) is 30.0. The number of rotatable bonds is 41. The SMILES string of the molecule is CC/C=C/C/C=C/C/C=C/C/C=C/C/C=C/CCC(=O)OC(CCCCC/C=C/C=C/C=C/C=C/C=C/CCC)CC(=O)NC(CO)C(O)CCCCCCCCCCCC. The normalized spacial score (nSPS) is 14.4. The number of hydrogen-bond donors (Lipinski definition) is 3. The maximum Gasteiger partial charge on any atom is 0.306 e. The highest BCUT2D eigenvalue weighted by Gasteiger charge is 2.24. The first-order valence-electron chi connectivity index (χ1n) is 24.3. The van der Waals surface area contributed by atoms with E-state index in [-0.39, 0.29) is 31.3 Å². The predicted octanol–water partition coefficient (Wildman–Crippen LogP) is 14.5. The molecule has 0 spiro atoms. The molecule has 1 amide bonds. The Labute approximate surface area is 374 Å². The van der Waals surface area contributed by atoms with Crippen LogP contribution in [0.4, 0.5) is 0 Å². The van der Waals surface area contributed by atoms with Gasteiger partial charge in [-0.05, 0) is 77.0 Å². The van der Waals surface area contributed by atoms with Crippen molar-refractivity contribution < 1.29 is 24.5 Å². The summed E-state index contributed by atoms with van der Waals surface area (Å²) in [5.74, 6) is -0.630. The molecule has 0 radical (unpaired) electrons. The molecule has 344 valence electrons. The van der Waals surface area contributed by atoms with E-state index in [0.717, 1.165) is 89.9 Å². The first kappa shape index (κ1) is 57.3. The molecule has 0 fully saturated rings. The number of unbranched alkanes of at least 4 members (excludes halogenated alkanes) is 13. The fourth-order valence-electron chi connectivity index (χ4n) is 6.51. The van der Waals surface area contributed by atoms with Crippen molar-refractivity contribution in [3.8, 4) is 0 Å². The van der Waals surface area contributed by atoms with Gasteiger partial charge in [-0.3, -0.25) is 9.59 Å². The Morgan fingerprint density at radius 1 is 0.508 bits per heavy atom. The Balaban J connectivity index is 4.86. The van der Waals surface area contributed by atoms with Crippen LogP contribution < -0.4 is 5.32 Å². The molecule has 0 saturated carbocycles. The summed E-state index contributed by atoms with van der Waals surface area (Å²) in [5.41, 5.74) is 0. The molecule has 3 N–H and O–H groups in total. The molecule has 3 atom stereocenters. The van der Waals surface area contributed by atoms with E-state index in [0.29, 0.717) is 19.3 Å². The van der Waals surface area contributed by atoms with Gasteiger partial charge in [-0.1, -0.05) is 219 Å². The smallest absolute Gasteiger partial charge is 0.306 e. The van der Waals surface area contributed by atoms with Crippen molar-refractivity contribution in [1.82, 2.24) is 5.32 Å². The quantitative estimate of drug-likeness (QED) is 0.0247. The van der Waals surface area contributed by atoms with Crippen LogP contribution >= 0.6 is 0 Å². The molecule has 0 aliphatic heterocycles. The van der Waals surface area contributed by atoms with Gasteiger partial charge < -0.3 is 20.3 Å². The minimum atomic E-state index is -0.819. The molecule has 0 heterocycles. The summed E-state index contributed by atoms with van der Waals surface area (Å²) >= 11 is 0. The predicted molar refractivity (Wildman–Crippen MR) is 263 cm³/mol. The maximum absolute atomic E-state index is 13.2. The average Bonchev–Trinajstić information content (AvgIpc) is 3.25. The van der Waals surface area contributed by atoms with Crippen molar-refractivity contribution >= 4 is 11.9 Å². The molecular weight excluding hydrogens is 755 g/mol. The molecule has 0 aromatic carbocycles. The number of hydrogen-bond acceptors (Lipinski definition) is 5. The molecule has 0 aliphatic carbocycles. The van der Waals surface area contributed by atoms with Crippen molar-refractivity contribution in [1.29, 1.82) is 0 Å². The van der Waals surface area contributed by atoms with Gasteiger partial charge in [-0.25, -0.2) is 0 Å². The van der Waals surface area contributed by atoms with Crippen LogP contribution in [0.15, 0.2) is 122 Å². The lowest BCUT2D eigenvalue weighted by molar-refractivity contribution is -0.150. The number of esters is 1. The lowest BCUT2D eigenvalue weighted by atomic mass is 10.0. The standard InChI is InChI=1S/C55H89NO5/c1-4-7-10-13-16-19-22-24-26-28-30-32-34-37-40-43-46-51(49-54(59)56-52(50-57)53(58)47-44-41-38-35-21-18-15-12-9-6-3)61-55(60)48-45-42-39-36-33-31-29-27-25-23-20-17-14-11-8-5-2/h8,10-11,13,16-17,19-20,22,24-28,30-33,39,42,51-53,57-58H,4-7,9,12,14-15,18,21,23,29,34-38,40-41,43-50H2,1-3H3,(H,56,59)/b11-8+,13-10+,19-16+,20-17+,24-22+,27-25+,28-26+,32-30+,33-31+,42-39+. The average molecular weight is 844 g/mol. The van der Waals surface area contributed by atoms with Crippen LogP contribution in [0, 0.1) is 0 Å². The molecule has 0 bridgehead atoms. The minimum absolute atomic E-state index is 0.0112. The summed E-state index contributed by atoms with van der Waals surface area (Å²) in [5, 5.41) is 23.6. The Morgan fingerprint density at radius 3 is 1.52 bits per heavy atom. The van der Waals surface area contributed by atoms with Gasteiger partial charge in [0.05, 0.1) is 25.2 Å². The molecule has 0 aliphatic rings. The van der Waals surface area contributed by atoms with Gasteiger partial charge in [0.15, 0.2) is 0 Å². The van der Waals surface area contributed by atoms with Gasteiger partial charge in [0, 0.05) is 6.42 Å². The van der Waals surface area contributed by atoms with E-state index in [4.69, 9.17) is 4.74 Å². The first-order valence-corrected chi connectivity index (χ1v) is 24.3. The van der Waals surface area contributed by atoms with Gasteiger partial charge in [0.2, 0.25) is 5.91 Å². The molecule has 61 heavy (non-hydrogen) atoms. The van der Waals surface area contributed by atoms with Crippen LogP contribution in [0.25, 0.3) is 0 Å². The summed E-state index contributed by atoms with van der Waals surface area (Å²) in [6.45, 7) is 6.21. The highest BCUT2D eigenvalue weighted by atomic mass is 16.5. The molecule has 3 unspecified atom stereocenters. The zero-order valence-corrected chi connectivity index (χ0v) is 39.0. The van der Waals surface area contributed by atoms with E-state index < -0.39 is 18.2 Å². The number of aliphatic hydroxyl groups excluding tert-OH is 2. The lowest BCUT2D eigenvalue weighted by Gasteiger charge is -2.24. The highest BCUT2D eigenvalue weighted by molar-refractivity contribution is 5.77. The number of nitrogens with one attached hydrogen (secondary N) is 1. The summed E-state index contributed by atoms with van der Waals surface area (Å²) in [4.78, 5) is 26.0. The Kier molecular flexibility index (Phi) is 44.4. The van der Waals surface area contributed by atoms with Crippen molar-refractivity contribution in [2.45, 2.75) is 206 Å². The van der Waals surface area contributed by atoms with Crippen molar-refractivity contribution in [2.75, 3.05) is 6.61 Å². The number of allylic oxidation sites excluding steroid dienone is 20. The van der Waals surface area contributed by atoms with E-state index in [1.807, 2.05) is 42.5 Å². The lowest BCUT2D eigenvalue weighted by Crippen LogP contribution is -2.46. The Bertz CT molecular complexity index is 1310. The van der Waals surface area contributed by atoms with E-state index in [1.165, 1.54) is 44.9 Å². The van der Waals surface area contributed by atoms with Crippen LogP contribution in [-0.2, 0) is 14.3 Å². The fraction of sp³-hybridized carbons (Fsp3) is 0.600. The second-order valence-electron chi connectivity index (χ2n) is 15.9. The second-order valence-corrected chi connectivity index (χ2v) is 15.9. The molecule has 0 rings (SSSR count). The van der Waals surface area contributed by atoms with Crippen LogP contribution in [0.5, 0.6) is 0 Å². The third kappa shape index (κ3) is 42.7. The number of amides is 1. The van der Waals surface area contributed by atoms with Crippen LogP contribution in [-0.4, -0.2) is 46.9 Å². The van der Waals surface area contributed by atoms with E-state index in [9.17, 15) is 19.8 Å². The summed E-state index contributed by atoms with van der Waals surface area (Å²) in [6.07, 6.45) is 65.4. The Morgan fingerprint density at radius 2 is 0.984 bits per heavy atom. The van der Waals surface area contributed by atoms with Gasteiger partial charge >= 0.3 is 5.97 Å². The molecule has 0 aromatic rings. The Hall–Kier alpha value is -3.74. The molecular formula is C55H89NO5. The summed E-state index contributed by atoms with van der Waals surface area (Å²) in [7, 11) is 0. The van der Waals surface area contributed by atoms with Gasteiger partial charge in [0.1, 0.15) is 6.10 Å². The third-order valence-electron chi connectivity index (χ3n) is 10.1. The zero-order valence-electron chi connectivity index (χ0n) is 39.0. The number of aliphatic hydroxyl groups is 2. The van der Waals surface area contributed by atoms with Crippen LogP contribution in [0.2, 0.25) is 0 Å². The van der Waals surface area contributed by atoms with E-state index in [1.54, 1.807) is 0 Å². The van der Waals surface area contributed by atoms with Gasteiger partial charge in [-0.15, -0.1) is 0 Å². The zero-order chi connectivity index (χ0) is 44.5. The number of ether oxygens (including phenoxy) is 1. The summed E-state index contributed by atoms with van der Waals surface area (Å²) in [6, 6.07) is -0.738. The molecule has 6 nitrogen and oxygen atoms in total. The number of carbonyl (C=O) groups excluding carboxylic acids is 2. The highest BCUT2D eigenvalue weighted by Crippen LogP contribution is 2.16.